The molecule has 1 aliphatic heterocycles. The first kappa shape index (κ1) is 11.4. The molecule has 1 aliphatic rings. The summed E-state index contributed by atoms with van der Waals surface area (Å²) in [5.41, 5.74) is 0.767. The van der Waals surface area contributed by atoms with Crippen molar-refractivity contribution in [2.24, 2.45) is 0 Å². The SMILES string of the molecule is Cc1nc2cc(OC3CNC3)c([N+](=O)[O-])cc2s1. The Bertz CT molecular complexity index is 621. The number of hydrogen-bond donors (Lipinski definition) is 1. The number of nitrogens with one attached hydrogen (secondary N) is 1. The molecule has 0 radical (unpaired) electrons. The third-order valence-corrected chi connectivity index (χ3v) is 3.74. The van der Waals surface area contributed by atoms with E-state index in [0.29, 0.717) is 5.75 Å². The summed E-state index contributed by atoms with van der Waals surface area (Å²) in [5, 5.41) is 15.0. The van der Waals surface area contributed by atoms with E-state index in [1.54, 1.807) is 12.1 Å². The normalized spacial score (nSPS) is 15.6. The Labute approximate surface area is 107 Å². The number of hydrogen-bond acceptors (Lipinski definition) is 6. The van der Waals surface area contributed by atoms with Crippen LogP contribution in [0.25, 0.3) is 10.2 Å². The molecule has 7 heteroatoms. The number of aryl methyl sites for hydroxylation is 1. The zero-order chi connectivity index (χ0) is 12.7. The lowest BCUT2D eigenvalue weighted by molar-refractivity contribution is -0.386. The van der Waals surface area contributed by atoms with E-state index in [-0.39, 0.29) is 11.8 Å². The molecule has 3 rings (SSSR count). The predicted molar refractivity (Wildman–Crippen MR) is 68.3 cm³/mol. The molecule has 0 amide bonds. The van der Waals surface area contributed by atoms with Crippen LogP contribution in [0.2, 0.25) is 0 Å². The van der Waals surface area contributed by atoms with E-state index in [9.17, 15) is 10.1 Å². The largest absolute Gasteiger partial charge is 0.481 e. The van der Waals surface area contributed by atoms with Gasteiger partial charge in [0.15, 0.2) is 5.75 Å². The van der Waals surface area contributed by atoms with Crippen molar-refractivity contribution < 1.29 is 9.66 Å². The third kappa shape index (κ3) is 1.91. The van der Waals surface area contributed by atoms with E-state index in [1.807, 2.05) is 6.92 Å². The number of benzene rings is 1. The fourth-order valence-electron chi connectivity index (χ4n) is 1.82. The standard InChI is InChI=1S/C11H11N3O3S/c1-6-13-8-2-10(17-7-4-12-5-7)9(14(15)16)3-11(8)18-6/h2-3,7,12H,4-5H2,1H3. The lowest BCUT2D eigenvalue weighted by Gasteiger charge is -2.27. The highest BCUT2D eigenvalue weighted by atomic mass is 32.1. The Morgan fingerprint density at radius 1 is 1.56 bits per heavy atom. The van der Waals surface area contributed by atoms with Gasteiger partial charge in [0.1, 0.15) is 6.10 Å². The van der Waals surface area contributed by atoms with Crippen LogP contribution in [0.4, 0.5) is 5.69 Å². The summed E-state index contributed by atoms with van der Waals surface area (Å²) >= 11 is 1.45. The maximum absolute atomic E-state index is 11.1. The van der Waals surface area contributed by atoms with Crippen LogP contribution in [-0.2, 0) is 0 Å². The van der Waals surface area contributed by atoms with Crippen molar-refractivity contribution in [2.75, 3.05) is 13.1 Å². The minimum atomic E-state index is -0.407. The first-order valence-electron chi connectivity index (χ1n) is 5.56. The molecule has 94 valence electrons. The Hall–Kier alpha value is -1.73. The quantitative estimate of drug-likeness (QED) is 0.677. The average Bonchev–Trinajstić information content (AvgIpc) is 2.61. The second-order valence-corrected chi connectivity index (χ2v) is 5.41. The fourth-order valence-corrected chi connectivity index (χ4v) is 2.66. The average molecular weight is 265 g/mol. The van der Waals surface area contributed by atoms with Crippen LogP contribution >= 0.6 is 11.3 Å². The lowest BCUT2D eigenvalue weighted by Crippen LogP contribution is -2.50. The molecule has 2 aromatic rings. The summed E-state index contributed by atoms with van der Waals surface area (Å²) in [5.74, 6) is 0.310. The summed E-state index contributed by atoms with van der Waals surface area (Å²) in [6.45, 7) is 3.34. The van der Waals surface area contributed by atoms with E-state index >= 15 is 0 Å². The highest BCUT2D eigenvalue weighted by molar-refractivity contribution is 7.18. The fraction of sp³-hybridized carbons (Fsp3) is 0.364. The topological polar surface area (TPSA) is 77.3 Å². The molecule has 18 heavy (non-hydrogen) atoms. The zero-order valence-electron chi connectivity index (χ0n) is 9.67. The summed E-state index contributed by atoms with van der Waals surface area (Å²) in [6.07, 6.45) is 0.0147. The van der Waals surface area contributed by atoms with E-state index in [0.717, 1.165) is 28.3 Å². The van der Waals surface area contributed by atoms with Crippen LogP contribution in [-0.4, -0.2) is 29.1 Å². The molecule has 1 fully saturated rings. The molecule has 1 aromatic carbocycles. The van der Waals surface area contributed by atoms with Gasteiger partial charge in [-0.2, -0.15) is 0 Å². The molecular formula is C11H11N3O3S. The predicted octanol–water partition coefficient (Wildman–Crippen LogP) is 1.86. The maximum atomic E-state index is 11.1. The molecule has 0 aliphatic carbocycles. The van der Waals surface area contributed by atoms with Crippen molar-refractivity contribution in [3.8, 4) is 5.75 Å². The van der Waals surface area contributed by atoms with Gasteiger partial charge in [-0.25, -0.2) is 4.98 Å². The molecule has 6 nitrogen and oxygen atoms in total. The number of thiazole rings is 1. The minimum Gasteiger partial charge on any atom is -0.481 e. The van der Waals surface area contributed by atoms with Crippen LogP contribution in [0.3, 0.4) is 0 Å². The second kappa shape index (κ2) is 4.18. The van der Waals surface area contributed by atoms with Gasteiger partial charge in [0, 0.05) is 25.2 Å². The number of nitrogens with zero attached hydrogens (tertiary/aromatic N) is 2. The van der Waals surface area contributed by atoms with Crippen molar-refractivity contribution in [1.29, 1.82) is 0 Å². The number of ether oxygens (including phenoxy) is 1. The first-order valence-corrected chi connectivity index (χ1v) is 6.38. The van der Waals surface area contributed by atoms with Crippen molar-refractivity contribution in [3.05, 3.63) is 27.3 Å². The van der Waals surface area contributed by atoms with Crippen molar-refractivity contribution in [3.63, 3.8) is 0 Å². The zero-order valence-corrected chi connectivity index (χ0v) is 10.5. The van der Waals surface area contributed by atoms with Gasteiger partial charge in [0.05, 0.1) is 20.1 Å². The van der Waals surface area contributed by atoms with E-state index in [2.05, 4.69) is 10.3 Å². The van der Waals surface area contributed by atoms with Crippen LogP contribution in [0, 0.1) is 17.0 Å². The molecule has 0 unspecified atom stereocenters. The molecule has 0 atom stereocenters. The van der Waals surface area contributed by atoms with Crippen LogP contribution in [0.15, 0.2) is 12.1 Å². The minimum absolute atomic E-state index is 0.0121. The van der Waals surface area contributed by atoms with Crippen LogP contribution in [0.5, 0.6) is 5.75 Å². The monoisotopic (exact) mass is 265 g/mol. The molecule has 0 spiro atoms. The van der Waals surface area contributed by atoms with E-state index in [1.165, 1.54) is 11.3 Å². The summed E-state index contributed by atoms with van der Waals surface area (Å²) in [4.78, 5) is 15.0. The van der Waals surface area contributed by atoms with Gasteiger partial charge in [0.2, 0.25) is 0 Å². The Morgan fingerprint density at radius 3 is 2.94 bits per heavy atom. The van der Waals surface area contributed by atoms with Crippen molar-refractivity contribution >= 4 is 27.2 Å². The molecule has 0 bridgehead atoms. The third-order valence-electron chi connectivity index (χ3n) is 2.81. The van der Waals surface area contributed by atoms with Gasteiger partial charge < -0.3 is 10.1 Å². The molecular weight excluding hydrogens is 254 g/mol. The lowest BCUT2D eigenvalue weighted by atomic mass is 10.2. The van der Waals surface area contributed by atoms with Gasteiger partial charge in [-0.1, -0.05) is 0 Å². The number of fused-ring (bicyclic) bond motifs is 1. The molecule has 0 saturated carbocycles. The van der Waals surface area contributed by atoms with Crippen LogP contribution in [0.1, 0.15) is 5.01 Å². The second-order valence-electron chi connectivity index (χ2n) is 4.18. The molecule has 1 aromatic heterocycles. The van der Waals surface area contributed by atoms with E-state index < -0.39 is 4.92 Å². The van der Waals surface area contributed by atoms with Gasteiger partial charge >= 0.3 is 5.69 Å². The van der Waals surface area contributed by atoms with Gasteiger partial charge in [0.25, 0.3) is 0 Å². The van der Waals surface area contributed by atoms with Crippen molar-refractivity contribution in [1.82, 2.24) is 10.3 Å². The van der Waals surface area contributed by atoms with Gasteiger partial charge in [-0.3, -0.25) is 10.1 Å². The number of aromatic nitrogens is 1. The summed E-state index contributed by atoms with van der Waals surface area (Å²) in [6, 6.07) is 3.21. The van der Waals surface area contributed by atoms with E-state index in [4.69, 9.17) is 4.74 Å². The number of nitro benzene ring substituents is 1. The smallest absolute Gasteiger partial charge is 0.312 e. The Kier molecular flexibility index (Phi) is 2.64. The van der Waals surface area contributed by atoms with Gasteiger partial charge in [-0.05, 0) is 6.92 Å². The van der Waals surface area contributed by atoms with Gasteiger partial charge in [-0.15, -0.1) is 11.3 Å². The molecule has 1 N–H and O–H groups in total. The molecule has 2 heterocycles. The Balaban J connectivity index is 2.07. The first-order chi connectivity index (χ1) is 8.63. The summed E-state index contributed by atoms with van der Waals surface area (Å²) in [7, 11) is 0. The highest BCUT2D eigenvalue weighted by Gasteiger charge is 2.24. The molecule has 1 saturated heterocycles. The van der Waals surface area contributed by atoms with Crippen LogP contribution < -0.4 is 10.1 Å². The maximum Gasteiger partial charge on any atom is 0.312 e. The summed E-state index contributed by atoms with van der Waals surface area (Å²) < 4.78 is 6.44. The number of rotatable bonds is 3. The Morgan fingerprint density at radius 2 is 2.33 bits per heavy atom. The van der Waals surface area contributed by atoms with Crippen molar-refractivity contribution in [2.45, 2.75) is 13.0 Å². The highest BCUT2D eigenvalue weighted by Crippen LogP contribution is 2.35. The number of nitro groups is 1.